The summed E-state index contributed by atoms with van der Waals surface area (Å²) in [5.41, 5.74) is 9.11. The van der Waals surface area contributed by atoms with Crippen molar-refractivity contribution in [2.75, 3.05) is 5.32 Å². The van der Waals surface area contributed by atoms with Crippen LogP contribution in [-0.4, -0.2) is 21.5 Å². The van der Waals surface area contributed by atoms with Crippen LogP contribution in [0.2, 0.25) is 0 Å². The van der Waals surface area contributed by atoms with Crippen LogP contribution in [0.1, 0.15) is 37.7 Å². The van der Waals surface area contributed by atoms with Crippen molar-refractivity contribution in [3.8, 4) is 6.07 Å². The third-order valence-corrected chi connectivity index (χ3v) is 6.34. The van der Waals surface area contributed by atoms with Gasteiger partial charge in [-0.1, -0.05) is 0 Å². The maximum atomic E-state index is 9.48. The summed E-state index contributed by atoms with van der Waals surface area (Å²) in [5, 5.41) is 14.2. The van der Waals surface area contributed by atoms with Gasteiger partial charge < -0.3 is 16.0 Å². The second kappa shape index (κ2) is 4.48. The maximum absolute atomic E-state index is 9.48. The number of hydrogen-bond donors (Lipinski definition) is 3. The van der Waals surface area contributed by atoms with Crippen molar-refractivity contribution in [3.05, 3.63) is 24.0 Å². The molecule has 5 heteroatoms. The van der Waals surface area contributed by atoms with Gasteiger partial charge in [-0.05, 0) is 55.9 Å². The van der Waals surface area contributed by atoms with Crippen LogP contribution in [0.4, 0.5) is 5.69 Å². The standard InChI is InChI=1S/C18H21N5/c19-8-13-9-22-17-14(1-2-21-17)16(13)23-15-11-3-10-4-12(15)7-18(20,5-10)6-11/h1-2,9-12,15H,3-7,20H2,(H2,21,22,23). The molecule has 4 aliphatic rings. The number of aromatic amines is 1. The second-order valence-electron chi connectivity index (χ2n) is 7.90. The molecule has 0 amide bonds. The molecule has 0 aliphatic heterocycles. The molecule has 2 aromatic heterocycles. The molecule has 4 saturated carbocycles. The van der Waals surface area contributed by atoms with Gasteiger partial charge in [0, 0.05) is 29.4 Å². The minimum atomic E-state index is 0.0778. The van der Waals surface area contributed by atoms with Gasteiger partial charge in [-0.2, -0.15) is 5.26 Å². The number of nitriles is 1. The number of nitrogens with zero attached hydrogens (tertiary/aromatic N) is 2. The quantitative estimate of drug-likeness (QED) is 0.795. The highest BCUT2D eigenvalue weighted by Gasteiger charge is 2.53. The molecule has 4 bridgehead atoms. The second-order valence-corrected chi connectivity index (χ2v) is 7.90. The number of nitrogens with one attached hydrogen (secondary N) is 2. The summed E-state index contributed by atoms with van der Waals surface area (Å²) < 4.78 is 0. The SMILES string of the molecule is N#Cc1cnc2[nH]ccc2c1NC1C2CC3CC1CC(N)(C3)C2. The Morgan fingerprint density at radius 2 is 2.09 bits per heavy atom. The Bertz CT molecular complexity index is 800. The summed E-state index contributed by atoms with van der Waals surface area (Å²) in [4.78, 5) is 7.47. The average Bonchev–Trinajstić information content (AvgIpc) is 2.98. The fraction of sp³-hybridized carbons (Fsp3) is 0.556. The third kappa shape index (κ3) is 1.91. The lowest BCUT2D eigenvalue weighted by Crippen LogP contribution is -2.62. The lowest BCUT2D eigenvalue weighted by Gasteiger charge is -2.59. The number of anilines is 1. The van der Waals surface area contributed by atoms with Crippen molar-refractivity contribution in [3.63, 3.8) is 0 Å². The van der Waals surface area contributed by atoms with Gasteiger partial charge in [-0.3, -0.25) is 0 Å². The monoisotopic (exact) mass is 307 g/mol. The molecule has 0 saturated heterocycles. The average molecular weight is 307 g/mol. The van der Waals surface area contributed by atoms with Crippen LogP contribution in [0.3, 0.4) is 0 Å². The first-order valence-corrected chi connectivity index (χ1v) is 8.57. The van der Waals surface area contributed by atoms with Crippen molar-refractivity contribution in [2.24, 2.45) is 23.5 Å². The van der Waals surface area contributed by atoms with Crippen LogP contribution in [0.15, 0.2) is 18.5 Å². The van der Waals surface area contributed by atoms with E-state index in [1.165, 1.54) is 19.3 Å². The topological polar surface area (TPSA) is 90.5 Å². The molecule has 2 unspecified atom stereocenters. The van der Waals surface area contributed by atoms with Gasteiger partial charge in [-0.25, -0.2) is 4.98 Å². The fourth-order valence-electron chi connectivity index (χ4n) is 5.74. The first kappa shape index (κ1) is 13.4. The van der Waals surface area contributed by atoms with Gasteiger partial charge >= 0.3 is 0 Å². The summed E-state index contributed by atoms with van der Waals surface area (Å²) in [6, 6.07) is 4.74. The Morgan fingerprint density at radius 3 is 2.78 bits per heavy atom. The van der Waals surface area contributed by atoms with Crippen LogP contribution in [0.25, 0.3) is 11.0 Å². The molecule has 4 N–H and O–H groups in total. The molecule has 2 heterocycles. The first-order chi connectivity index (χ1) is 11.1. The molecule has 2 atom stereocenters. The molecule has 2 aromatic rings. The largest absolute Gasteiger partial charge is 0.380 e. The summed E-state index contributed by atoms with van der Waals surface area (Å²) >= 11 is 0. The van der Waals surface area contributed by atoms with E-state index in [1.807, 2.05) is 12.3 Å². The van der Waals surface area contributed by atoms with Crippen molar-refractivity contribution in [1.29, 1.82) is 5.26 Å². The number of H-pyrrole nitrogens is 1. The number of aromatic nitrogens is 2. The van der Waals surface area contributed by atoms with E-state index in [4.69, 9.17) is 5.73 Å². The number of pyridine rings is 1. The smallest absolute Gasteiger partial charge is 0.139 e. The van der Waals surface area contributed by atoms with Crippen molar-refractivity contribution in [2.45, 2.75) is 43.7 Å². The third-order valence-electron chi connectivity index (χ3n) is 6.34. The maximum Gasteiger partial charge on any atom is 0.139 e. The zero-order valence-corrected chi connectivity index (χ0v) is 13.0. The molecule has 0 radical (unpaired) electrons. The van der Waals surface area contributed by atoms with Crippen LogP contribution in [0, 0.1) is 29.1 Å². The number of nitrogens with two attached hydrogens (primary N) is 1. The van der Waals surface area contributed by atoms with E-state index in [0.29, 0.717) is 23.4 Å². The first-order valence-electron chi connectivity index (χ1n) is 8.57. The van der Waals surface area contributed by atoms with Crippen LogP contribution in [0.5, 0.6) is 0 Å². The van der Waals surface area contributed by atoms with E-state index in [-0.39, 0.29) is 5.54 Å². The van der Waals surface area contributed by atoms with E-state index in [0.717, 1.165) is 35.5 Å². The molecule has 5 nitrogen and oxygen atoms in total. The van der Waals surface area contributed by atoms with Crippen LogP contribution >= 0.6 is 0 Å². The van der Waals surface area contributed by atoms with Crippen molar-refractivity contribution < 1.29 is 0 Å². The summed E-state index contributed by atoms with van der Waals surface area (Å²) in [5.74, 6) is 2.09. The zero-order chi connectivity index (χ0) is 15.6. The minimum absolute atomic E-state index is 0.0778. The Morgan fingerprint density at radius 1 is 1.30 bits per heavy atom. The lowest BCUT2D eigenvalue weighted by atomic mass is 9.51. The molecular weight excluding hydrogens is 286 g/mol. The van der Waals surface area contributed by atoms with Gasteiger partial charge in [0.25, 0.3) is 0 Å². The van der Waals surface area contributed by atoms with E-state index in [9.17, 15) is 5.26 Å². The predicted octanol–water partition coefficient (Wildman–Crippen LogP) is 2.75. The summed E-state index contributed by atoms with van der Waals surface area (Å²) in [7, 11) is 0. The van der Waals surface area contributed by atoms with Crippen molar-refractivity contribution >= 4 is 16.7 Å². The molecule has 0 spiro atoms. The Kier molecular flexibility index (Phi) is 2.61. The number of fused-ring (bicyclic) bond motifs is 1. The molecular formula is C18H21N5. The lowest BCUT2D eigenvalue weighted by molar-refractivity contribution is -0.0107. The summed E-state index contributed by atoms with van der Waals surface area (Å²) in [6.45, 7) is 0. The van der Waals surface area contributed by atoms with Gasteiger partial charge in [0.05, 0.1) is 11.3 Å². The van der Waals surface area contributed by atoms with Crippen molar-refractivity contribution in [1.82, 2.24) is 9.97 Å². The Hall–Kier alpha value is -2.06. The number of rotatable bonds is 2. The highest BCUT2D eigenvalue weighted by atomic mass is 15.0. The molecule has 0 aromatic carbocycles. The van der Waals surface area contributed by atoms with Gasteiger partial charge in [0.1, 0.15) is 11.7 Å². The minimum Gasteiger partial charge on any atom is -0.380 e. The molecule has 4 aliphatic carbocycles. The predicted molar refractivity (Wildman–Crippen MR) is 88.7 cm³/mol. The van der Waals surface area contributed by atoms with Gasteiger partial charge in [0.2, 0.25) is 0 Å². The molecule has 118 valence electrons. The fourth-order valence-corrected chi connectivity index (χ4v) is 5.74. The highest BCUT2D eigenvalue weighted by Crippen LogP contribution is 2.55. The number of hydrogen-bond acceptors (Lipinski definition) is 4. The van der Waals surface area contributed by atoms with E-state index in [2.05, 4.69) is 21.4 Å². The van der Waals surface area contributed by atoms with Crippen LogP contribution < -0.4 is 11.1 Å². The van der Waals surface area contributed by atoms with E-state index < -0.39 is 0 Å². The Balaban J connectivity index is 1.53. The molecule has 4 fully saturated rings. The summed E-state index contributed by atoms with van der Waals surface area (Å²) in [6.07, 6.45) is 9.60. The van der Waals surface area contributed by atoms with Crippen LogP contribution in [-0.2, 0) is 0 Å². The highest BCUT2D eigenvalue weighted by molar-refractivity contribution is 5.92. The zero-order valence-electron chi connectivity index (χ0n) is 13.0. The Labute approximate surface area is 135 Å². The molecule has 6 rings (SSSR count). The normalized spacial score (nSPS) is 37.9. The van der Waals surface area contributed by atoms with E-state index >= 15 is 0 Å². The van der Waals surface area contributed by atoms with E-state index in [1.54, 1.807) is 6.20 Å². The van der Waals surface area contributed by atoms with Gasteiger partial charge in [-0.15, -0.1) is 0 Å². The van der Waals surface area contributed by atoms with Gasteiger partial charge in [0.15, 0.2) is 0 Å². The molecule has 23 heavy (non-hydrogen) atoms.